The minimum atomic E-state index is -0.641. The molecule has 0 aromatic rings. The SMILES string of the molecule is CC(C)(O)C1CN(C(=O)C23CC4CC(CC(C4)C2)C3)C1. The van der Waals surface area contributed by atoms with E-state index in [1.54, 1.807) is 0 Å². The summed E-state index contributed by atoms with van der Waals surface area (Å²) < 4.78 is 0. The van der Waals surface area contributed by atoms with E-state index in [2.05, 4.69) is 0 Å². The molecule has 0 spiro atoms. The highest BCUT2D eigenvalue weighted by molar-refractivity contribution is 5.84. The monoisotopic (exact) mass is 277 g/mol. The van der Waals surface area contributed by atoms with E-state index in [4.69, 9.17) is 0 Å². The summed E-state index contributed by atoms with van der Waals surface area (Å²) in [6.07, 6.45) is 7.63. The standard InChI is InChI=1S/C17H27NO2/c1-16(2,20)14-9-18(10-14)15(19)17-6-11-3-12(7-17)5-13(4-11)8-17/h11-14,20H,3-10H2,1-2H3. The molecular weight excluding hydrogens is 250 g/mol. The summed E-state index contributed by atoms with van der Waals surface area (Å²) in [5.41, 5.74) is -0.641. The Bertz CT molecular complexity index is 395. The van der Waals surface area contributed by atoms with Crippen LogP contribution < -0.4 is 0 Å². The number of hydrogen-bond donors (Lipinski definition) is 1. The van der Waals surface area contributed by atoms with Crippen molar-refractivity contribution < 1.29 is 9.90 Å². The summed E-state index contributed by atoms with van der Waals surface area (Å²) in [5, 5.41) is 10.0. The third kappa shape index (κ3) is 1.85. The molecule has 1 N–H and O–H groups in total. The van der Waals surface area contributed by atoms with Crippen LogP contribution in [0.2, 0.25) is 0 Å². The number of likely N-dealkylation sites (tertiary alicyclic amines) is 1. The van der Waals surface area contributed by atoms with Gasteiger partial charge in [0.25, 0.3) is 0 Å². The van der Waals surface area contributed by atoms with E-state index in [-0.39, 0.29) is 11.3 Å². The van der Waals surface area contributed by atoms with Gasteiger partial charge in [0.2, 0.25) is 5.91 Å². The van der Waals surface area contributed by atoms with Crippen molar-refractivity contribution in [1.29, 1.82) is 0 Å². The van der Waals surface area contributed by atoms with Crippen LogP contribution in [0, 0.1) is 29.1 Å². The topological polar surface area (TPSA) is 40.5 Å². The van der Waals surface area contributed by atoms with Crippen molar-refractivity contribution in [3.63, 3.8) is 0 Å². The van der Waals surface area contributed by atoms with Crippen LogP contribution in [0.5, 0.6) is 0 Å². The average molecular weight is 277 g/mol. The summed E-state index contributed by atoms with van der Waals surface area (Å²) in [4.78, 5) is 15.0. The normalized spacial score (nSPS) is 43.8. The third-order valence-corrected chi connectivity index (χ3v) is 6.66. The molecule has 0 radical (unpaired) electrons. The third-order valence-electron chi connectivity index (χ3n) is 6.66. The maximum atomic E-state index is 13.0. The van der Waals surface area contributed by atoms with Gasteiger partial charge in [-0.2, -0.15) is 0 Å². The van der Waals surface area contributed by atoms with Crippen molar-refractivity contribution in [3.8, 4) is 0 Å². The van der Waals surface area contributed by atoms with Crippen molar-refractivity contribution in [1.82, 2.24) is 4.90 Å². The summed E-state index contributed by atoms with van der Waals surface area (Å²) >= 11 is 0. The number of aliphatic hydroxyl groups is 1. The van der Waals surface area contributed by atoms with Gasteiger partial charge in [-0.05, 0) is 70.1 Å². The number of rotatable bonds is 2. The molecule has 1 amide bonds. The smallest absolute Gasteiger partial charge is 0.228 e. The van der Waals surface area contributed by atoms with Crippen LogP contribution in [0.3, 0.4) is 0 Å². The Morgan fingerprint density at radius 2 is 1.50 bits per heavy atom. The largest absolute Gasteiger partial charge is 0.390 e. The van der Waals surface area contributed by atoms with Gasteiger partial charge in [0.1, 0.15) is 0 Å². The fourth-order valence-electron chi connectivity index (χ4n) is 5.80. The zero-order valence-electron chi connectivity index (χ0n) is 12.8. The number of carbonyl (C=O) groups excluding carboxylic acids is 1. The molecule has 1 heterocycles. The van der Waals surface area contributed by atoms with Gasteiger partial charge in [0, 0.05) is 19.0 Å². The maximum Gasteiger partial charge on any atom is 0.228 e. The second-order valence-electron chi connectivity index (χ2n) is 8.76. The molecule has 5 rings (SSSR count). The first-order valence-corrected chi connectivity index (χ1v) is 8.37. The molecule has 4 bridgehead atoms. The van der Waals surface area contributed by atoms with Crippen LogP contribution >= 0.6 is 0 Å². The van der Waals surface area contributed by atoms with E-state index in [1.165, 1.54) is 19.3 Å². The predicted molar refractivity (Wildman–Crippen MR) is 77.0 cm³/mol. The van der Waals surface area contributed by atoms with Gasteiger partial charge < -0.3 is 10.0 Å². The predicted octanol–water partition coefficient (Wildman–Crippen LogP) is 2.43. The van der Waals surface area contributed by atoms with Gasteiger partial charge in [-0.25, -0.2) is 0 Å². The lowest BCUT2D eigenvalue weighted by molar-refractivity contribution is -0.170. The number of hydrogen-bond acceptors (Lipinski definition) is 2. The van der Waals surface area contributed by atoms with Crippen LogP contribution in [0.1, 0.15) is 52.4 Å². The molecule has 1 aliphatic heterocycles. The van der Waals surface area contributed by atoms with E-state index >= 15 is 0 Å². The number of nitrogens with zero attached hydrogens (tertiary/aromatic N) is 1. The first kappa shape index (κ1) is 13.1. The molecule has 5 fully saturated rings. The fourth-order valence-corrected chi connectivity index (χ4v) is 5.80. The van der Waals surface area contributed by atoms with Gasteiger partial charge >= 0.3 is 0 Å². The van der Waals surface area contributed by atoms with Crippen molar-refractivity contribution in [2.24, 2.45) is 29.1 Å². The van der Waals surface area contributed by atoms with E-state index in [0.29, 0.717) is 5.91 Å². The van der Waals surface area contributed by atoms with Crippen molar-refractivity contribution in [3.05, 3.63) is 0 Å². The molecule has 20 heavy (non-hydrogen) atoms. The first-order valence-electron chi connectivity index (χ1n) is 8.37. The lowest BCUT2D eigenvalue weighted by Gasteiger charge is -2.58. The van der Waals surface area contributed by atoms with Crippen molar-refractivity contribution >= 4 is 5.91 Å². The molecule has 0 aromatic carbocycles. The van der Waals surface area contributed by atoms with Gasteiger partial charge in [0.15, 0.2) is 0 Å². The van der Waals surface area contributed by atoms with Crippen LogP contribution in [-0.2, 0) is 4.79 Å². The molecule has 4 aliphatic carbocycles. The second kappa shape index (κ2) is 4.00. The molecule has 3 nitrogen and oxygen atoms in total. The zero-order chi connectivity index (χ0) is 14.1. The molecule has 112 valence electrons. The Balaban J connectivity index is 1.47. The minimum Gasteiger partial charge on any atom is -0.390 e. The number of carbonyl (C=O) groups is 1. The molecule has 3 heteroatoms. The molecule has 0 atom stereocenters. The van der Waals surface area contributed by atoms with E-state index in [0.717, 1.165) is 50.1 Å². The van der Waals surface area contributed by atoms with Crippen molar-refractivity contribution in [2.45, 2.75) is 58.0 Å². The summed E-state index contributed by atoms with van der Waals surface area (Å²) in [6.45, 7) is 5.27. The second-order valence-corrected chi connectivity index (χ2v) is 8.76. The quantitative estimate of drug-likeness (QED) is 0.842. The minimum absolute atomic E-state index is 0.000676. The fraction of sp³-hybridized carbons (Fsp3) is 0.941. The van der Waals surface area contributed by atoms with Crippen LogP contribution in [0.4, 0.5) is 0 Å². The van der Waals surface area contributed by atoms with Gasteiger partial charge in [-0.1, -0.05) is 0 Å². The molecule has 5 aliphatic rings. The summed E-state index contributed by atoms with van der Waals surface area (Å²) in [5.74, 6) is 3.18. The Labute approximate surface area is 121 Å². The zero-order valence-corrected chi connectivity index (χ0v) is 12.8. The Morgan fingerprint density at radius 3 is 1.90 bits per heavy atom. The maximum absolute atomic E-state index is 13.0. The van der Waals surface area contributed by atoms with E-state index < -0.39 is 5.60 Å². The summed E-state index contributed by atoms with van der Waals surface area (Å²) in [7, 11) is 0. The van der Waals surface area contributed by atoms with Crippen LogP contribution in [0.15, 0.2) is 0 Å². The molecule has 1 saturated heterocycles. The Hall–Kier alpha value is -0.570. The Kier molecular flexibility index (Phi) is 2.62. The van der Waals surface area contributed by atoms with Gasteiger partial charge in [0.05, 0.1) is 11.0 Å². The lowest BCUT2D eigenvalue weighted by Crippen LogP contribution is -2.63. The average Bonchev–Trinajstić information content (AvgIpc) is 2.22. The van der Waals surface area contributed by atoms with Gasteiger partial charge in [-0.15, -0.1) is 0 Å². The molecule has 0 unspecified atom stereocenters. The van der Waals surface area contributed by atoms with Gasteiger partial charge in [-0.3, -0.25) is 4.79 Å². The Morgan fingerprint density at radius 1 is 1.05 bits per heavy atom. The molecular formula is C17H27NO2. The van der Waals surface area contributed by atoms with E-state index in [9.17, 15) is 9.90 Å². The summed E-state index contributed by atoms with van der Waals surface area (Å²) in [6, 6.07) is 0. The highest BCUT2D eigenvalue weighted by Crippen LogP contribution is 2.60. The lowest BCUT2D eigenvalue weighted by atomic mass is 9.49. The molecule has 0 aromatic heterocycles. The van der Waals surface area contributed by atoms with Crippen LogP contribution in [-0.4, -0.2) is 34.6 Å². The van der Waals surface area contributed by atoms with E-state index in [1.807, 2.05) is 18.7 Å². The van der Waals surface area contributed by atoms with Crippen molar-refractivity contribution in [2.75, 3.05) is 13.1 Å². The first-order chi connectivity index (χ1) is 9.36. The highest BCUT2D eigenvalue weighted by atomic mass is 16.3. The highest BCUT2D eigenvalue weighted by Gasteiger charge is 2.57. The number of amides is 1. The van der Waals surface area contributed by atoms with Crippen LogP contribution in [0.25, 0.3) is 0 Å². The molecule has 4 saturated carbocycles.